The van der Waals surface area contributed by atoms with E-state index >= 15 is 0 Å². The van der Waals surface area contributed by atoms with E-state index in [4.69, 9.17) is 14.2 Å². The lowest BCUT2D eigenvalue weighted by Gasteiger charge is -2.23. The van der Waals surface area contributed by atoms with Gasteiger partial charge in [-0.1, -0.05) is 0 Å². The lowest BCUT2D eigenvalue weighted by molar-refractivity contribution is -0.0848. The van der Waals surface area contributed by atoms with E-state index in [-0.39, 0.29) is 11.5 Å². The van der Waals surface area contributed by atoms with Crippen LogP contribution in [0.1, 0.15) is 12.8 Å². The maximum atomic E-state index is 11.8. The van der Waals surface area contributed by atoms with Crippen molar-refractivity contribution in [3.05, 3.63) is 0 Å². The van der Waals surface area contributed by atoms with Crippen LogP contribution in [0.3, 0.4) is 0 Å². The van der Waals surface area contributed by atoms with Gasteiger partial charge in [0.05, 0.1) is 5.75 Å². The highest BCUT2D eigenvalue weighted by atomic mass is 32.2. The van der Waals surface area contributed by atoms with Crippen LogP contribution in [0.15, 0.2) is 0 Å². The quantitative estimate of drug-likeness (QED) is 0.637. The van der Waals surface area contributed by atoms with E-state index in [0.29, 0.717) is 5.75 Å². The minimum Gasteiger partial charge on any atom is -0.381 e. The van der Waals surface area contributed by atoms with Crippen LogP contribution in [0.2, 0.25) is 0 Å². The van der Waals surface area contributed by atoms with Gasteiger partial charge in [0.15, 0.2) is 6.29 Å². The molecule has 1 unspecified atom stereocenters. The molecule has 0 amide bonds. The summed E-state index contributed by atoms with van der Waals surface area (Å²) in [5.41, 5.74) is 0. The first kappa shape index (κ1) is 12.1. The fraction of sp³-hybridized carbons (Fsp3) is 1.00. The van der Waals surface area contributed by atoms with Gasteiger partial charge in [0.25, 0.3) is 0 Å². The van der Waals surface area contributed by atoms with Crippen molar-refractivity contribution in [2.24, 2.45) is 0 Å². The van der Waals surface area contributed by atoms with Crippen LogP contribution in [-0.4, -0.2) is 48.9 Å². The molecule has 1 aliphatic rings. The molecule has 1 saturated heterocycles. The molecule has 0 saturated carbocycles. The van der Waals surface area contributed by atoms with Crippen LogP contribution in [0.5, 0.6) is 0 Å². The lowest BCUT2D eigenvalue weighted by Crippen LogP contribution is -2.31. The molecule has 0 aromatic rings. The SMILES string of the molecule is COC(CS(=O)C1CCOCC1)OC. The second-order valence-corrected chi connectivity index (χ2v) is 5.02. The Morgan fingerprint density at radius 1 is 1.36 bits per heavy atom. The van der Waals surface area contributed by atoms with Crippen molar-refractivity contribution in [3.8, 4) is 0 Å². The van der Waals surface area contributed by atoms with Gasteiger partial charge < -0.3 is 14.2 Å². The Kier molecular flexibility index (Phi) is 5.62. The highest BCUT2D eigenvalue weighted by molar-refractivity contribution is 7.85. The van der Waals surface area contributed by atoms with Gasteiger partial charge in [-0.2, -0.15) is 0 Å². The summed E-state index contributed by atoms with van der Waals surface area (Å²) in [5, 5.41) is 0.247. The number of methoxy groups -OCH3 is 2. The molecule has 1 rings (SSSR count). The van der Waals surface area contributed by atoms with Crippen LogP contribution in [-0.2, 0) is 25.0 Å². The maximum absolute atomic E-state index is 11.8. The summed E-state index contributed by atoms with van der Waals surface area (Å²) in [6.45, 7) is 1.45. The molecular formula is C9H18O4S. The summed E-state index contributed by atoms with van der Waals surface area (Å²) in [5.74, 6) is 0.456. The van der Waals surface area contributed by atoms with Crippen LogP contribution < -0.4 is 0 Å². The zero-order valence-corrected chi connectivity index (χ0v) is 9.55. The maximum Gasteiger partial charge on any atom is 0.168 e. The first-order valence-corrected chi connectivity index (χ1v) is 6.16. The highest BCUT2D eigenvalue weighted by Crippen LogP contribution is 2.14. The summed E-state index contributed by atoms with van der Waals surface area (Å²) in [4.78, 5) is 0. The van der Waals surface area contributed by atoms with E-state index in [1.165, 1.54) is 0 Å². The number of hydrogen-bond acceptors (Lipinski definition) is 4. The molecule has 0 spiro atoms. The van der Waals surface area contributed by atoms with Crippen molar-refractivity contribution in [1.82, 2.24) is 0 Å². The number of ether oxygens (including phenoxy) is 3. The van der Waals surface area contributed by atoms with E-state index in [1.54, 1.807) is 14.2 Å². The summed E-state index contributed by atoms with van der Waals surface area (Å²) in [6, 6.07) is 0. The molecule has 1 aliphatic heterocycles. The lowest BCUT2D eigenvalue weighted by atomic mass is 10.2. The molecule has 0 N–H and O–H groups in total. The van der Waals surface area contributed by atoms with Crippen LogP contribution >= 0.6 is 0 Å². The van der Waals surface area contributed by atoms with E-state index in [0.717, 1.165) is 26.1 Å². The Labute approximate surface area is 87.4 Å². The molecule has 1 atom stereocenters. The Balaban J connectivity index is 2.32. The molecule has 4 nitrogen and oxygen atoms in total. The second kappa shape index (κ2) is 6.50. The van der Waals surface area contributed by atoms with Gasteiger partial charge in [-0.05, 0) is 12.8 Å². The molecule has 14 heavy (non-hydrogen) atoms. The average molecular weight is 222 g/mol. The van der Waals surface area contributed by atoms with Crippen molar-refractivity contribution in [2.45, 2.75) is 24.4 Å². The third kappa shape index (κ3) is 3.65. The van der Waals surface area contributed by atoms with Crippen LogP contribution in [0.4, 0.5) is 0 Å². The second-order valence-electron chi connectivity index (χ2n) is 3.26. The molecule has 1 heterocycles. The normalized spacial score (nSPS) is 21.4. The fourth-order valence-corrected chi connectivity index (χ4v) is 2.97. The highest BCUT2D eigenvalue weighted by Gasteiger charge is 2.22. The molecule has 84 valence electrons. The Morgan fingerprint density at radius 3 is 2.43 bits per heavy atom. The zero-order chi connectivity index (χ0) is 10.4. The molecule has 0 aromatic carbocycles. The van der Waals surface area contributed by atoms with Gasteiger partial charge in [0.1, 0.15) is 0 Å². The summed E-state index contributed by atoms with van der Waals surface area (Å²) < 4.78 is 27.1. The van der Waals surface area contributed by atoms with Crippen molar-refractivity contribution >= 4 is 10.8 Å². The first-order chi connectivity index (χ1) is 6.77. The predicted octanol–water partition coefficient (Wildman–Crippen LogP) is 0.533. The molecule has 5 heteroatoms. The largest absolute Gasteiger partial charge is 0.381 e. The van der Waals surface area contributed by atoms with Gasteiger partial charge in [0, 0.05) is 43.5 Å². The third-order valence-electron chi connectivity index (χ3n) is 2.37. The van der Waals surface area contributed by atoms with E-state index in [9.17, 15) is 4.21 Å². The summed E-state index contributed by atoms with van der Waals surface area (Å²) in [7, 11) is 2.26. The predicted molar refractivity (Wildman–Crippen MR) is 54.7 cm³/mol. The molecule has 0 bridgehead atoms. The molecule has 0 radical (unpaired) electrons. The van der Waals surface area contributed by atoms with Crippen molar-refractivity contribution in [1.29, 1.82) is 0 Å². The van der Waals surface area contributed by atoms with Crippen LogP contribution in [0, 0.1) is 0 Å². The monoisotopic (exact) mass is 222 g/mol. The van der Waals surface area contributed by atoms with Crippen LogP contribution in [0.25, 0.3) is 0 Å². The molecular weight excluding hydrogens is 204 g/mol. The Hall–Kier alpha value is 0.0300. The Bertz CT molecular complexity index is 176. The van der Waals surface area contributed by atoms with Gasteiger partial charge >= 0.3 is 0 Å². The van der Waals surface area contributed by atoms with Crippen molar-refractivity contribution in [3.63, 3.8) is 0 Å². The average Bonchev–Trinajstić information content (AvgIpc) is 2.26. The third-order valence-corrected chi connectivity index (χ3v) is 4.18. The van der Waals surface area contributed by atoms with E-state index in [2.05, 4.69) is 0 Å². The number of rotatable bonds is 5. The van der Waals surface area contributed by atoms with Gasteiger partial charge in [-0.25, -0.2) is 0 Å². The van der Waals surface area contributed by atoms with Gasteiger partial charge in [-0.15, -0.1) is 0 Å². The first-order valence-electron chi connectivity index (χ1n) is 4.78. The Morgan fingerprint density at radius 2 is 1.93 bits per heavy atom. The smallest absolute Gasteiger partial charge is 0.168 e. The molecule has 0 aromatic heterocycles. The zero-order valence-electron chi connectivity index (χ0n) is 8.73. The minimum atomic E-state index is -0.866. The van der Waals surface area contributed by atoms with E-state index in [1.807, 2.05) is 0 Å². The minimum absolute atomic E-state index is 0.247. The topological polar surface area (TPSA) is 44.8 Å². The van der Waals surface area contributed by atoms with Gasteiger partial charge in [0.2, 0.25) is 0 Å². The molecule has 0 aliphatic carbocycles. The van der Waals surface area contributed by atoms with Crippen molar-refractivity contribution < 1.29 is 18.4 Å². The van der Waals surface area contributed by atoms with Gasteiger partial charge in [-0.3, -0.25) is 4.21 Å². The summed E-state index contributed by atoms with van der Waals surface area (Å²) in [6.07, 6.45) is 1.41. The molecule has 1 fully saturated rings. The van der Waals surface area contributed by atoms with Crippen molar-refractivity contribution in [2.75, 3.05) is 33.2 Å². The van der Waals surface area contributed by atoms with E-state index < -0.39 is 10.8 Å². The number of hydrogen-bond donors (Lipinski definition) is 0. The summed E-state index contributed by atoms with van der Waals surface area (Å²) >= 11 is 0. The standard InChI is InChI=1S/C9H18O4S/c1-11-9(12-2)7-14(10)8-3-5-13-6-4-8/h8-9H,3-7H2,1-2H3. The fourth-order valence-electron chi connectivity index (χ4n) is 1.44.